The number of rotatable bonds is 3. The van der Waals surface area contributed by atoms with Crippen LogP contribution in [0.5, 0.6) is 0 Å². The number of carbonyl (C=O) groups is 1. The molecule has 0 heterocycles. The molecule has 1 aliphatic carbocycles. The van der Waals surface area contributed by atoms with E-state index in [1.54, 1.807) is 0 Å². The van der Waals surface area contributed by atoms with Gasteiger partial charge in [0.1, 0.15) is 0 Å². The average Bonchev–Trinajstić information content (AvgIpc) is 3.10. The monoisotopic (exact) mass is 358 g/mol. The van der Waals surface area contributed by atoms with E-state index in [9.17, 15) is 4.79 Å². The molecule has 0 fully saturated rings. The molecule has 1 atom stereocenters. The summed E-state index contributed by atoms with van der Waals surface area (Å²) in [5.74, 6) is 0.256. The van der Waals surface area contributed by atoms with Gasteiger partial charge < -0.3 is 0 Å². The van der Waals surface area contributed by atoms with Crippen molar-refractivity contribution in [2.75, 3.05) is 0 Å². The fraction of sp³-hybridized carbons (Fsp3) is 0.346. The lowest BCUT2D eigenvalue weighted by atomic mass is 9.75. The molecule has 0 aromatic heterocycles. The van der Waals surface area contributed by atoms with Gasteiger partial charge in [-0.3, -0.25) is 4.79 Å². The quantitative estimate of drug-likeness (QED) is 0.549. The minimum absolute atomic E-state index is 0.00153. The number of hydrogen-bond acceptors (Lipinski definition) is 1. The molecular weight excluding hydrogens is 328 g/mol. The molecule has 1 unspecified atom stereocenters. The Bertz CT molecular complexity index is 899. The van der Waals surface area contributed by atoms with Gasteiger partial charge in [0.15, 0.2) is 5.78 Å². The third kappa shape index (κ3) is 3.98. The predicted octanol–water partition coefficient (Wildman–Crippen LogP) is 6.84. The molecule has 1 nitrogen and oxygen atoms in total. The minimum Gasteiger partial charge on any atom is -0.289 e. The Balaban J connectivity index is 2.16. The van der Waals surface area contributed by atoms with Crippen molar-refractivity contribution in [3.8, 4) is 0 Å². The largest absolute Gasteiger partial charge is 0.289 e. The van der Waals surface area contributed by atoms with E-state index >= 15 is 0 Å². The van der Waals surface area contributed by atoms with Crippen molar-refractivity contribution in [2.45, 2.75) is 52.9 Å². The smallest absolute Gasteiger partial charge is 0.193 e. The van der Waals surface area contributed by atoms with Gasteiger partial charge >= 0.3 is 0 Å². The zero-order chi connectivity index (χ0) is 19.8. The lowest BCUT2D eigenvalue weighted by Crippen LogP contribution is -2.18. The van der Waals surface area contributed by atoms with E-state index in [4.69, 9.17) is 0 Å². The topological polar surface area (TPSA) is 17.1 Å². The van der Waals surface area contributed by atoms with E-state index < -0.39 is 0 Å². The van der Waals surface area contributed by atoms with Crippen LogP contribution in [0, 0.1) is 5.41 Å². The Morgan fingerprint density at radius 2 is 1.52 bits per heavy atom. The van der Waals surface area contributed by atoms with E-state index in [-0.39, 0.29) is 22.5 Å². The first-order valence-electron chi connectivity index (χ1n) is 9.72. The van der Waals surface area contributed by atoms with E-state index in [0.29, 0.717) is 0 Å². The highest BCUT2D eigenvalue weighted by atomic mass is 16.1. The first-order valence-corrected chi connectivity index (χ1v) is 9.72. The number of hydrogen-bond donors (Lipinski definition) is 0. The zero-order valence-corrected chi connectivity index (χ0v) is 17.3. The van der Waals surface area contributed by atoms with Crippen molar-refractivity contribution in [2.24, 2.45) is 5.41 Å². The average molecular weight is 359 g/mol. The van der Waals surface area contributed by atoms with Gasteiger partial charge in [-0.15, -0.1) is 0 Å². The minimum atomic E-state index is -0.00153. The zero-order valence-electron chi connectivity index (χ0n) is 17.3. The van der Waals surface area contributed by atoms with Crippen molar-refractivity contribution in [3.05, 3.63) is 94.6 Å². The van der Waals surface area contributed by atoms with Crippen molar-refractivity contribution < 1.29 is 4.79 Å². The SMILES string of the molecule is CC(C)(C)C1=CC=CC1c1ccc(C(C)(C)C)cc1C(=O)c1ccccc1. The third-order valence-electron chi connectivity index (χ3n) is 5.32. The molecule has 2 aromatic rings. The van der Waals surface area contributed by atoms with Gasteiger partial charge in [-0.05, 0) is 28.0 Å². The van der Waals surface area contributed by atoms with Gasteiger partial charge in [-0.1, -0.05) is 108 Å². The number of allylic oxidation sites excluding steroid dienone is 4. The number of carbonyl (C=O) groups excluding carboxylic acids is 1. The molecular formula is C26H30O. The Labute approximate surface area is 163 Å². The van der Waals surface area contributed by atoms with Crippen molar-refractivity contribution in [1.29, 1.82) is 0 Å². The Kier molecular flexibility index (Phi) is 4.99. The van der Waals surface area contributed by atoms with Crippen LogP contribution in [0.4, 0.5) is 0 Å². The van der Waals surface area contributed by atoms with Crippen LogP contribution in [0.1, 0.15) is 74.5 Å². The van der Waals surface area contributed by atoms with Crippen LogP contribution in [0.3, 0.4) is 0 Å². The van der Waals surface area contributed by atoms with E-state index in [1.165, 1.54) is 11.1 Å². The number of ketones is 1. The van der Waals surface area contributed by atoms with Gasteiger partial charge in [-0.25, -0.2) is 0 Å². The molecule has 0 saturated carbocycles. The fourth-order valence-corrected chi connectivity index (χ4v) is 3.70. The highest BCUT2D eigenvalue weighted by Gasteiger charge is 2.30. The third-order valence-corrected chi connectivity index (χ3v) is 5.32. The summed E-state index contributed by atoms with van der Waals surface area (Å²) in [6.45, 7) is 13.3. The van der Waals surface area contributed by atoms with Crippen molar-refractivity contribution in [1.82, 2.24) is 0 Å². The van der Waals surface area contributed by atoms with Gasteiger partial charge in [0, 0.05) is 17.0 Å². The summed E-state index contributed by atoms with van der Waals surface area (Å²) in [6.07, 6.45) is 6.55. The normalized spacial score (nSPS) is 17.1. The van der Waals surface area contributed by atoms with Gasteiger partial charge in [0.05, 0.1) is 0 Å². The highest BCUT2D eigenvalue weighted by molar-refractivity contribution is 6.10. The van der Waals surface area contributed by atoms with Crippen LogP contribution in [0.25, 0.3) is 0 Å². The standard InChI is InChI=1S/C26H30O/c1-25(2,3)19-15-16-20(21-13-10-14-23(21)26(4,5)6)22(17-19)24(27)18-11-8-7-9-12-18/h7-17,21H,1-6H3. The van der Waals surface area contributed by atoms with Gasteiger partial charge in [0.25, 0.3) is 0 Å². The molecule has 0 aliphatic heterocycles. The Hall–Kier alpha value is -2.41. The van der Waals surface area contributed by atoms with E-state index in [0.717, 1.165) is 16.7 Å². The van der Waals surface area contributed by atoms with Crippen LogP contribution < -0.4 is 0 Å². The molecule has 1 aliphatic rings. The lowest BCUT2D eigenvalue weighted by Gasteiger charge is -2.29. The molecule has 0 saturated heterocycles. The molecule has 1 heteroatoms. The second-order valence-corrected chi connectivity index (χ2v) is 9.48. The first-order chi connectivity index (χ1) is 12.6. The molecule has 0 bridgehead atoms. The summed E-state index contributed by atoms with van der Waals surface area (Å²) in [6, 6.07) is 16.1. The molecule has 140 valence electrons. The maximum Gasteiger partial charge on any atom is 0.193 e. The first kappa shape index (κ1) is 19.4. The molecule has 2 aromatic carbocycles. The summed E-state index contributed by atoms with van der Waals surface area (Å²) < 4.78 is 0. The Morgan fingerprint density at radius 1 is 0.852 bits per heavy atom. The Morgan fingerprint density at radius 3 is 2.11 bits per heavy atom. The fourth-order valence-electron chi connectivity index (χ4n) is 3.70. The van der Waals surface area contributed by atoms with Gasteiger partial charge in [-0.2, -0.15) is 0 Å². The lowest BCUT2D eigenvalue weighted by molar-refractivity contribution is 0.103. The molecule has 3 rings (SSSR count). The summed E-state index contributed by atoms with van der Waals surface area (Å²) >= 11 is 0. The van der Waals surface area contributed by atoms with Crippen LogP contribution in [0.15, 0.2) is 72.3 Å². The second kappa shape index (κ2) is 6.96. The molecule has 0 N–H and O–H groups in total. The predicted molar refractivity (Wildman–Crippen MR) is 114 cm³/mol. The molecule has 0 amide bonds. The van der Waals surface area contributed by atoms with Crippen LogP contribution in [0.2, 0.25) is 0 Å². The van der Waals surface area contributed by atoms with Gasteiger partial charge in [0.2, 0.25) is 0 Å². The van der Waals surface area contributed by atoms with Crippen molar-refractivity contribution in [3.63, 3.8) is 0 Å². The summed E-state index contributed by atoms with van der Waals surface area (Å²) in [5, 5.41) is 0. The summed E-state index contributed by atoms with van der Waals surface area (Å²) in [5.41, 5.74) is 5.27. The molecule has 0 spiro atoms. The van der Waals surface area contributed by atoms with Crippen LogP contribution in [-0.4, -0.2) is 5.78 Å². The number of benzene rings is 2. The second-order valence-electron chi connectivity index (χ2n) is 9.48. The van der Waals surface area contributed by atoms with Crippen molar-refractivity contribution >= 4 is 5.78 Å². The molecule has 0 radical (unpaired) electrons. The van der Waals surface area contributed by atoms with Crippen LogP contribution in [-0.2, 0) is 5.41 Å². The summed E-state index contributed by atoms with van der Waals surface area (Å²) in [4.78, 5) is 13.4. The van der Waals surface area contributed by atoms with Crippen LogP contribution >= 0.6 is 0 Å². The maximum atomic E-state index is 13.4. The highest BCUT2D eigenvalue weighted by Crippen LogP contribution is 2.43. The molecule has 27 heavy (non-hydrogen) atoms. The summed E-state index contributed by atoms with van der Waals surface area (Å²) in [7, 11) is 0. The van der Waals surface area contributed by atoms with E-state index in [2.05, 4.69) is 78.0 Å². The maximum absolute atomic E-state index is 13.4. The van der Waals surface area contributed by atoms with E-state index in [1.807, 2.05) is 30.3 Å².